The van der Waals surface area contributed by atoms with Gasteiger partial charge in [0.2, 0.25) is 0 Å². The maximum Gasteiger partial charge on any atom is 0.159 e. The van der Waals surface area contributed by atoms with Gasteiger partial charge in [0.25, 0.3) is 0 Å². The van der Waals surface area contributed by atoms with Gasteiger partial charge >= 0.3 is 0 Å². The summed E-state index contributed by atoms with van der Waals surface area (Å²) in [6, 6.07) is 79.5. The molecule has 1 aromatic heterocycles. The Bertz CT molecular complexity index is 3590. The number of fused-ring (bicyclic) bond motifs is 5. The minimum atomic E-state index is -0.356. The molecule has 0 saturated carbocycles. The third kappa shape index (κ3) is 6.66. The Balaban J connectivity index is 0.974. The number of furan rings is 1. The van der Waals surface area contributed by atoms with Gasteiger partial charge in [0.15, 0.2) is 5.84 Å². The van der Waals surface area contributed by atoms with Crippen molar-refractivity contribution in [2.24, 2.45) is 9.98 Å². The van der Waals surface area contributed by atoms with Crippen LogP contribution in [0.15, 0.2) is 239 Å². The zero-order valence-electron chi connectivity index (χ0n) is 34.2. The first-order valence-electron chi connectivity index (χ1n) is 21.4. The van der Waals surface area contributed by atoms with Crippen LogP contribution in [0, 0.1) is 0 Å². The molecule has 2 heterocycles. The molecule has 0 saturated heterocycles. The van der Waals surface area contributed by atoms with Crippen LogP contribution in [0.1, 0.15) is 22.9 Å². The van der Waals surface area contributed by atoms with Crippen molar-refractivity contribution in [3.05, 3.63) is 241 Å². The summed E-state index contributed by atoms with van der Waals surface area (Å²) in [5, 5.41) is 10.6. The Labute approximate surface area is 365 Å². The molecule has 1 N–H and O–H groups in total. The second kappa shape index (κ2) is 15.3. The Morgan fingerprint density at radius 3 is 1.73 bits per heavy atom. The SMILES string of the molecule is c1ccc(-c2ccc(-c3ccc4oc5cccc(-c6cccc7c(C8=NC(c9cccc(-c%10ccccc%10)c9)=NC(c9ccc%10ccccc%10c9)N8)cccc67)c5c4c3)cc2)cc1. The van der Waals surface area contributed by atoms with Crippen LogP contribution in [-0.4, -0.2) is 11.7 Å². The molecule has 1 unspecified atom stereocenters. The summed E-state index contributed by atoms with van der Waals surface area (Å²) >= 11 is 0. The third-order valence-corrected chi connectivity index (χ3v) is 12.3. The monoisotopic (exact) mass is 805 g/mol. The molecule has 0 bridgehead atoms. The van der Waals surface area contributed by atoms with Crippen molar-refractivity contribution in [2.45, 2.75) is 6.17 Å². The number of hydrogen-bond donors (Lipinski definition) is 1. The third-order valence-electron chi connectivity index (χ3n) is 12.3. The van der Waals surface area contributed by atoms with Crippen molar-refractivity contribution in [3.8, 4) is 44.5 Å². The fourth-order valence-corrected chi connectivity index (χ4v) is 9.20. The second-order valence-corrected chi connectivity index (χ2v) is 16.2. The average molecular weight is 806 g/mol. The minimum Gasteiger partial charge on any atom is -0.456 e. The van der Waals surface area contributed by atoms with E-state index in [1.54, 1.807) is 0 Å². The minimum absolute atomic E-state index is 0.356. The molecule has 0 radical (unpaired) electrons. The fourth-order valence-electron chi connectivity index (χ4n) is 9.20. The van der Waals surface area contributed by atoms with E-state index in [0.29, 0.717) is 5.84 Å². The van der Waals surface area contributed by atoms with Gasteiger partial charge < -0.3 is 9.73 Å². The topological polar surface area (TPSA) is 49.9 Å². The molecule has 0 spiro atoms. The highest BCUT2D eigenvalue weighted by atomic mass is 16.3. The van der Waals surface area contributed by atoms with Gasteiger partial charge in [-0.1, -0.05) is 194 Å². The molecular weight excluding hydrogens is 767 g/mol. The number of nitrogens with one attached hydrogen (secondary N) is 1. The van der Waals surface area contributed by atoms with Gasteiger partial charge in [0.05, 0.1) is 0 Å². The van der Waals surface area contributed by atoms with Crippen molar-refractivity contribution in [3.63, 3.8) is 0 Å². The molecule has 1 atom stereocenters. The number of nitrogens with zero attached hydrogens (tertiary/aromatic N) is 2. The van der Waals surface area contributed by atoms with E-state index in [2.05, 4.69) is 224 Å². The Kier molecular flexibility index (Phi) is 8.86. The molecule has 0 aliphatic carbocycles. The van der Waals surface area contributed by atoms with E-state index < -0.39 is 0 Å². The largest absolute Gasteiger partial charge is 0.456 e. The van der Waals surface area contributed by atoms with Crippen LogP contribution in [0.25, 0.3) is 88.0 Å². The molecule has 4 nitrogen and oxygen atoms in total. The number of hydrogen-bond acceptors (Lipinski definition) is 4. The summed E-state index contributed by atoms with van der Waals surface area (Å²) < 4.78 is 6.54. The number of aliphatic imine (C=N–C) groups is 2. The summed E-state index contributed by atoms with van der Waals surface area (Å²) in [5.41, 5.74) is 14.0. The highest BCUT2D eigenvalue weighted by Gasteiger charge is 2.24. The van der Waals surface area contributed by atoms with Gasteiger partial charge in [0, 0.05) is 21.9 Å². The summed E-state index contributed by atoms with van der Waals surface area (Å²) in [5.74, 6) is 1.47. The van der Waals surface area contributed by atoms with Crippen molar-refractivity contribution >= 4 is 55.2 Å². The Hall–Kier alpha value is -8.34. The first-order valence-corrected chi connectivity index (χ1v) is 21.4. The molecule has 1 aliphatic rings. The van der Waals surface area contributed by atoms with Crippen molar-refractivity contribution in [1.29, 1.82) is 0 Å². The Morgan fingerprint density at radius 2 is 0.937 bits per heavy atom. The second-order valence-electron chi connectivity index (χ2n) is 16.2. The van der Waals surface area contributed by atoms with E-state index in [9.17, 15) is 0 Å². The van der Waals surface area contributed by atoms with Gasteiger partial charge in [-0.05, 0) is 102 Å². The van der Waals surface area contributed by atoms with E-state index in [1.165, 1.54) is 21.9 Å². The van der Waals surface area contributed by atoms with Gasteiger partial charge in [0.1, 0.15) is 23.2 Å². The molecule has 4 heteroatoms. The number of benzene rings is 10. The maximum atomic E-state index is 6.54. The first-order chi connectivity index (χ1) is 31.2. The summed E-state index contributed by atoms with van der Waals surface area (Å²) in [4.78, 5) is 10.6. The van der Waals surface area contributed by atoms with Crippen LogP contribution in [0.4, 0.5) is 0 Å². The number of amidine groups is 2. The number of rotatable bonds is 7. The normalized spacial score (nSPS) is 13.9. The molecule has 0 amide bonds. The highest BCUT2D eigenvalue weighted by Crippen LogP contribution is 2.41. The lowest BCUT2D eigenvalue weighted by molar-refractivity contribution is 0.669. The summed E-state index contributed by atoms with van der Waals surface area (Å²) in [6.45, 7) is 0. The molecule has 12 rings (SSSR count). The molecule has 1 aliphatic heterocycles. The molecule has 63 heavy (non-hydrogen) atoms. The van der Waals surface area contributed by atoms with Gasteiger partial charge in [-0.15, -0.1) is 0 Å². The predicted molar refractivity (Wildman–Crippen MR) is 262 cm³/mol. The van der Waals surface area contributed by atoms with Crippen LogP contribution in [0.3, 0.4) is 0 Å². The van der Waals surface area contributed by atoms with Crippen molar-refractivity contribution in [1.82, 2.24) is 5.32 Å². The first kappa shape index (κ1) is 36.5. The molecule has 296 valence electrons. The molecule has 0 fully saturated rings. The van der Waals surface area contributed by atoms with E-state index in [0.717, 1.165) is 88.6 Å². The van der Waals surface area contributed by atoms with Gasteiger partial charge in [-0.3, -0.25) is 0 Å². The van der Waals surface area contributed by atoms with Crippen LogP contribution >= 0.6 is 0 Å². The summed E-state index contributed by atoms with van der Waals surface area (Å²) in [7, 11) is 0. The highest BCUT2D eigenvalue weighted by molar-refractivity contribution is 6.21. The maximum absolute atomic E-state index is 6.54. The van der Waals surface area contributed by atoms with Crippen LogP contribution < -0.4 is 5.32 Å². The molecule has 10 aromatic carbocycles. The van der Waals surface area contributed by atoms with Crippen molar-refractivity contribution < 1.29 is 4.42 Å². The lowest BCUT2D eigenvalue weighted by Crippen LogP contribution is -2.33. The average Bonchev–Trinajstić information content (AvgIpc) is 3.75. The van der Waals surface area contributed by atoms with E-state index in [4.69, 9.17) is 14.4 Å². The predicted octanol–water partition coefficient (Wildman–Crippen LogP) is 15.1. The molecule has 11 aromatic rings. The lowest BCUT2D eigenvalue weighted by Gasteiger charge is -2.25. The smallest absolute Gasteiger partial charge is 0.159 e. The van der Waals surface area contributed by atoms with E-state index in [-0.39, 0.29) is 6.17 Å². The van der Waals surface area contributed by atoms with E-state index >= 15 is 0 Å². The lowest BCUT2D eigenvalue weighted by atomic mass is 9.92. The van der Waals surface area contributed by atoms with Gasteiger partial charge in [-0.25, -0.2) is 9.98 Å². The van der Waals surface area contributed by atoms with Crippen LogP contribution in [0.2, 0.25) is 0 Å². The Morgan fingerprint density at radius 1 is 0.365 bits per heavy atom. The summed E-state index contributed by atoms with van der Waals surface area (Å²) in [6.07, 6.45) is -0.356. The zero-order chi connectivity index (χ0) is 41.7. The standard InChI is InChI=1S/C59H39N3O/c1-3-13-38(14-4-1)41-27-29-42(30-28-41)45-33-34-54-53(37-45)56-51(24-12-26-55(56)63-54)49-22-10-23-50-48(49)21-11-25-52(50)59-61-57(46-20-9-19-44(35-46)39-15-5-2-6-16-39)60-58(62-59)47-32-31-40-17-7-8-18-43(40)36-47/h1-37,58H,(H,60,61,62). The zero-order valence-corrected chi connectivity index (χ0v) is 34.2. The van der Waals surface area contributed by atoms with Crippen LogP contribution in [-0.2, 0) is 0 Å². The van der Waals surface area contributed by atoms with E-state index in [1.807, 2.05) is 6.07 Å². The van der Waals surface area contributed by atoms with Gasteiger partial charge in [-0.2, -0.15) is 0 Å². The fraction of sp³-hybridized carbons (Fsp3) is 0.0169. The molecular formula is C59H39N3O. The quantitative estimate of drug-likeness (QED) is 0.174. The van der Waals surface area contributed by atoms with Crippen LogP contribution in [0.5, 0.6) is 0 Å². The van der Waals surface area contributed by atoms with Crippen molar-refractivity contribution in [2.75, 3.05) is 0 Å².